The molecule has 18 heavy (non-hydrogen) atoms. The van der Waals surface area contributed by atoms with Crippen molar-refractivity contribution in [3.8, 4) is 5.75 Å². The highest BCUT2D eigenvalue weighted by molar-refractivity contribution is 6.22. The van der Waals surface area contributed by atoms with Gasteiger partial charge in [0.05, 0.1) is 17.5 Å². The van der Waals surface area contributed by atoms with Crippen LogP contribution in [-0.2, 0) is 9.59 Å². The molecule has 1 saturated carbocycles. The molecule has 4 nitrogen and oxygen atoms in total. The second-order valence-corrected chi connectivity index (χ2v) is 5.00. The maximum atomic E-state index is 12.3. The number of hydrogen-bond donors (Lipinski definition) is 1. The molecule has 0 bridgehead atoms. The Morgan fingerprint density at radius 1 is 1.00 bits per heavy atom. The highest BCUT2D eigenvalue weighted by atomic mass is 16.3. The van der Waals surface area contributed by atoms with Crippen LogP contribution in [0.4, 0.5) is 5.69 Å². The maximum absolute atomic E-state index is 12.3. The zero-order chi connectivity index (χ0) is 12.7. The number of nitrogens with zero attached hydrogens (tertiary/aromatic N) is 1. The number of benzene rings is 1. The van der Waals surface area contributed by atoms with E-state index < -0.39 is 0 Å². The van der Waals surface area contributed by atoms with Gasteiger partial charge in [0.15, 0.2) is 0 Å². The van der Waals surface area contributed by atoms with Crippen molar-refractivity contribution in [1.82, 2.24) is 0 Å². The van der Waals surface area contributed by atoms with Gasteiger partial charge < -0.3 is 5.11 Å². The van der Waals surface area contributed by atoms with E-state index in [2.05, 4.69) is 0 Å². The summed E-state index contributed by atoms with van der Waals surface area (Å²) in [6.07, 6.45) is 3.60. The first-order valence-corrected chi connectivity index (χ1v) is 6.36. The van der Waals surface area contributed by atoms with Crippen LogP contribution in [0.1, 0.15) is 25.7 Å². The quantitative estimate of drug-likeness (QED) is 0.770. The van der Waals surface area contributed by atoms with Crippen LogP contribution >= 0.6 is 0 Å². The van der Waals surface area contributed by atoms with Crippen molar-refractivity contribution in [3.05, 3.63) is 24.3 Å². The van der Waals surface area contributed by atoms with Gasteiger partial charge in [-0.1, -0.05) is 25.0 Å². The highest BCUT2D eigenvalue weighted by Gasteiger charge is 2.49. The van der Waals surface area contributed by atoms with Crippen molar-refractivity contribution in [1.29, 1.82) is 0 Å². The summed E-state index contributed by atoms with van der Waals surface area (Å²) < 4.78 is 0. The van der Waals surface area contributed by atoms with Crippen molar-refractivity contribution in [3.63, 3.8) is 0 Å². The summed E-state index contributed by atoms with van der Waals surface area (Å²) in [6.45, 7) is 0. The highest BCUT2D eigenvalue weighted by Crippen LogP contribution is 2.41. The molecular weight excluding hydrogens is 230 g/mol. The molecule has 3 rings (SSSR count). The van der Waals surface area contributed by atoms with Crippen LogP contribution in [0.15, 0.2) is 24.3 Å². The van der Waals surface area contributed by atoms with Crippen molar-refractivity contribution >= 4 is 17.5 Å². The molecule has 94 valence electrons. The van der Waals surface area contributed by atoms with Crippen LogP contribution in [0.25, 0.3) is 0 Å². The summed E-state index contributed by atoms with van der Waals surface area (Å²) in [5.74, 6) is -0.660. The van der Waals surface area contributed by atoms with E-state index in [9.17, 15) is 14.7 Å². The first kappa shape index (κ1) is 11.3. The molecule has 1 heterocycles. The summed E-state index contributed by atoms with van der Waals surface area (Å²) in [5.41, 5.74) is 0.321. The summed E-state index contributed by atoms with van der Waals surface area (Å²) in [4.78, 5) is 25.8. The average Bonchev–Trinajstić information content (AvgIpc) is 2.64. The predicted octanol–water partition coefficient (Wildman–Crippen LogP) is 2.07. The van der Waals surface area contributed by atoms with Gasteiger partial charge in [0.25, 0.3) is 0 Å². The first-order chi connectivity index (χ1) is 8.70. The molecule has 0 spiro atoms. The van der Waals surface area contributed by atoms with E-state index in [-0.39, 0.29) is 29.4 Å². The number of phenols is 1. The number of imide groups is 1. The van der Waals surface area contributed by atoms with Crippen molar-refractivity contribution < 1.29 is 14.7 Å². The molecule has 1 aliphatic heterocycles. The fourth-order valence-corrected chi connectivity index (χ4v) is 3.05. The van der Waals surface area contributed by atoms with Crippen LogP contribution in [0.5, 0.6) is 5.75 Å². The zero-order valence-electron chi connectivity index (χ0n) is 10.0. The molecule has 2 atom stereocenters. The van der Waals surface area contributed by atoms with E-state index in [1.165, 1.54) is 11.0 Å². The van der Waals surface area contributed by atoms with Crippen molar-refractivity contribution in [2.45, 2.75) is 25.7 Å². The molecule has 2 fully saturated rings. The Hall–Kier alpha value is -1.84. The minimum atomic E-state index is -0.175. The van der Waals surface area contributed by atoms with Gasteiger partial charge in [0.1, 0.15) is 5.75 Å². The maximum Gasteiger partial charge on any atom is 0.237 e. The third kappa shape index (κ3) is 1.52. The lowest BCUT2D eigenvalue weighted by Crippen LogP contribution is -2.30. The van der Waals surface area contributed by atoms with Gasteiger partial charge in [0, 0.05) is 0 Å². The lowest BCUT2D eigenvalue weighted by atomic mass is 9.81. The van der Waals surface area contributed by atoms with Gasteiger partial charge in [-0.15, -0.1) is 0 Å². The topological polar surface area (TPSA) is 57.6 Å². The summed E-state index contributed by atoms with van der Waals surface area (Å²) in [7, 11) is 0. The van der Waals surface area contributed by atoms with E-state index in [1.54, 1.807) is 18.2 Å². The van der Waals surface area contributed by atoms with Gasteiger partial charge in [-0.2, -0.15) is 0 Å². The fraction of sp³-hybridized carbons (Fsp3) is 0.429. The lowest BCUT2D eigenvalue weighted by Gasteiger charge is -2.19. The second-order valence-electron chi connectivity index (χ2n) is 5.00. The Labute approximate surface area is 105 Å². The number of carbonyl (C=O) groups is 2. The van der Waals surface area contributed by atoms with Crippen LogP contribution in [0.2, 0.25) is 0 Å². The van der Waals surface area contributed by atoms with E-state index in [1.807, 2.05) is 0 Å². The molecule has 1 N–H and O–H groups in total. The number of para-hydroxylation sites is 2. The van der Waals surface area contributed by atoms with Crippen LogP contribution < -0.4 is 4.90 Å². The van der Waals surface area contributed by atoms with Gasteiger partial charge in [-0.25, -0.2) is 4.90 Å². The fourth-order valence-electron chi connectivity index (χ4n) is 3.05. The average molecular weight is 245 g/mol. The minimum Gasteiger partial charge on any atom is -0.506 e. The number of fused-ring (bicyclic) bond motifs is 1. The largest absolute Gasteiger partial charge is 0.506 e. The standard InChI is InChI=1S/C14H15NO3/c16-12-8-4-3-7-11(12)15-13(17)9-5-1-2-6-10(9)14(15)18/h3-4,7-10,16H,1-2,5-6H2/t9-,10+. The van der Waals surface area contributed by atoms with E-state index in [4.69, 9.17) is 0 Å². The second kappa shape index (κ2) is 4.12. The van der Waals surface area contributed by atoms with Gasteiger partial charge in [-0.05, 0) is 25.0 Å². The van der Waals surface area contributed by atoms with Gasteiger partial charge >= 0.3 is 0 Å². The molecule has 0 unspecified atom stereocenters. The molecule has 1 saturated heterocycles. The molecule has 1 aromatic rings. The molecule has 1 aromatic carbocycles. The number of amides is 2. The number of hydrogen-bond acceptors (Lipinski definition) is 3. The summed E-state index contributed by atoms with van der Waals surface area (Å²) in [6, 6.07) is 6.51. The third-order valence-corrected chi connectivity index (χ3v) is 3.96. The molecule has 0 radical (unpaired) electrons. The number of anilines is 1. The molecule has 2 amide bonds. The number of phenolic OH excluding ortho intramolecular Hbond substituents is 1. The van der Waals surface area contributed by atoms with E-state index in [0.717, 1.165) is 25.7 Å². The first-order valence-electron chi connectivity index (χ1n) is 6.36. The Morgan fingerprint density at radius 2 is 1.56 bits per heavy atom. The molecule has 4 heteroatoms. The zero-order valence-corrected chi connectivity index (χ0v) is 10.0. The Balaban J connectivity index is 2.00. The lowest BCUT2D eigenvalue weighted by molar-refractivity contribution is -0.122. The Bertz CT molecular complexity index is 488. The van der Waals surface area contributed by atoms with Crippen LogP contribution in [0, 0.1) is 11.8 Å². The number of aromatic hydroxyl groups is 1. The van der Waals surface area contributed by atoms with Crippen LogP contribution in [0.3, 0.4) is 0 Å². The summed E-state index contributed by atoms with van der Waals surface area (Å²) in [5, 5.41) is 9.79. The van der Waals surface area contributed by atoms with Crippen molar-refractivity contribution in [2.24, 2.45) is 11.8 Å². The predicted molar refractivity (Wildman–Crippen MR) is 66.0 cm³/mol. The van der Waals surface area contributed by atoms with E-state index >= 15 is 0 Å². The molecular formula is C14H15NO3. The minimum absolute atomic E-state index is 0.0159. The Morgan fingerprint density at radius 3 is 2.11 bits per heavy atom. The molecule has 0 aromatic heterocycles. The third-order valence-electron chi connectivity index (χ3n) is 3.96. The van der Waals surface area contributed by atoms with E-state index in [0.29, 0.717) is 5.69 Å². The van der Waals surface area contributed by atoms with Gasteiger partial charge in [0.2, 0.25) is 11.8 Å². The Kier molecular flexibility index (Phi) is 2.58. The smallest absolute Gasteiger partial charge is 0.237 e. The van der Waals surface area contributed by atoms with Crippen molar-refractivity contribution in [2.75, 3.05) is 4.90 Å². The van der Waals surface area contributed by atoms with Gasteiger partial charge in [-0.3, -0.25) is 9.59 Å². The normalized spacial score (nSPS) is 27.4. The summed E-state index contributed by atoms with van der Waals surface area (Å²) >= 11 is 0. The molecule has 2 aliphatic rings. The number of carbonyl (C=O) groups excluding carboxylic acids is 2. The number of rotatable bonds is 1. The van der Waals surface area contributed by atoms with Crippen LogP contribution in [-0.4, -0.2) is 16.9 Å². The molecule has 1 aliphatic carbocycles. The SMILES string of the molecule is O=C1[C@H]2CCCC[C@H]2C(=O)N1c1ccccc1O. The monoisotopic (exact) mass is 245 g/mol.